The summed E-state index contributed by atoms with van der Waals surface area (Å²) < 4.78 is 0. The van der Waals surface area contributed by atoms with Crippen molar-refractivity contribution in [2.24, 2.45) is 10.9 Å². The van der Waals surface area contributed by atoms with Crippen LogP contribution >= 0.6 is 35.3 Å². The maximum absolute atomic E-state index is 4.25. The number of hydrogen-bond acceptors (Lipinski definition) is 2. The molecule has 0 saturated heterocycles. The van der Waals surface area contributed by atoms with Crippen molar-refractivity contribution < 1.29 is 0 Å². The van der Waals surface area contributed by atoms with Gasteiger partial charge in [0.05, 0.1) is 6.54 Å². The van der Waals surface area contributed by atoms with Crippen LogP contribution in [0.3, 0.4) is 0 Å². The molecule has 1 atom stereocenters. The number of nitrogens with zero attached hydrogens (tertiary/aromatic N) is 1. The van der Waals surface area contributed by atoms with E-state index in [2.05, 4.69) is 53.9 Å². The Labute approximate surface area is 138 Å². The summed E-state index contributed by atoms with van der Waals surface area (Å²) in [6, 6.07) is 4.66. The van der Waals surface area contributed by atoms with Crippen molar-refractivity contribution in [1.29, 1.82) is 0 Å². The quantitative estimate of drug-likeness (QED) is 0.436. The maximum Gasteiger partial charge on any atom is 0.191 e. The van der Waals surface area contributed by atoms with Crippen LogP contribution in [-0.4, -0.2) is 19.0 Å². The van der Waals surface area contributed by atoms with Gasteiger partial charge >= 0.3 is 0 Å². The Morgan fingerprint density at radius 2 is 2.05 bits per heavy atom. The summed E-state index contributed by atoms with van der Waals surface area (Å²) in [4.78, 5) is 5.58. The van der Waals surface area contributed by atoms with Crippen LogP contribution in [0.25, 0.3) is 0 Å². The fraction of sp³-hybridized carbons (Fsp3) is 0.643. The van der Waals surface area contributed by atoms with E-state index in [9.17, 15) is 0 Å². The van der Waals surface area contributed by atoms with Gasteiger partial charge < -0.3 is 10.6 Å². The molecule has 5 heteroatoms. The molecule has 0 aliphatic rings. The molecule has 0 aromatic carbocycles. The van der Waals surface area contributed by atoms with E-state index < -0.39 is 0 Å². The molecule has 0 fully saturated rings. The van der Waals surface area contributed by atoms with Gasteiger partial charge in [0.15, 0.2) is 5.96 Å². The lowest BCUT2D eigenvalue weighted by molar-refractivity contribution is 0.489. The molecule has 1 rings (SSSR count). The van der Waals surface area contributed by atoms with Gasteiger partial charge in [-0.1, -0.05) is 19.9 Å². The monoisotopic (exact) mass is 395 g/mol. The highest BCUT2D eigenvalue weighted by molar-refractivity contribution is 14.0. The van der Waals surface area contributed by atoms with Crippen LogP contribution in [0.2, 0.25) is 0 Å². The van der Waals surface area contributed by atoms with E-state index in [-0.39, 0.29) is 24.0 Å². The Balaban J connectivity index is 0.00000324. The minimum absolute atomic E-state index is 0. The molecule has 110 valence electrons. The standard InChI is InChI=1S/C14H25N3S.HI/c1-11(2)7-8-12(3)17-14(15-4)16-10-13-6-5-9-18-13;/h5-6,9,11-12H,7-8,10H2,1-4H3,(H2,15,16,17);1H. The van der Waals surface area contributed by atoms with E-state index in [4.69, 9.17) is 0 Å². The predicted octanol–water partition coefficient (Wildman–Crippen LogP) is 3.86. The molecule has 1 unspecified atom stereocenters. The SMILES string of the molecule is CN=C(NCc1cccs1)NC(C)CCC(C)C.I. The van der Waals surface area contributed by atoms with Gasteiger partial charge in [0.2, 0.25) is 0 Å². The summed E-state index contributed by atoms with van der Waals surface area (Å²) in [6.45, 7) is 7.57. The number of aliphatic imine (C=N–C) groups is 1. The van der Waals surface area contributed by atoms with Gasteiger partial charge in [-0.2, -0.15) is 0 Å². The van der Waals surface area contributed by atoms with Crippen molar-refractivity contribution >= 4 is 41.3 Å². The number of guanidine groups is 1. The molecule has 0 bridgehead atoms. The van der Waals surface area contributed by atoms with Crippen LogP contribution in [0.5, 0.6) is 0 Å². The molecule has 0 aliphatic carbocycles. The molecule has 19 heavy (non-hydrogen) atoms. The largest absolute Gasteiger partial charge is 0.354 e. The summed E-state index contributed by atoms with van der Waals surface area (Å²) >= 11 is 1.76. The first-order valence-corrected chi connectivity index (χ1v) is 7.49. The Kier molecular flexibility index (Phi) is 10.3. The van der Waals surface area contributed by atoms with Crippen molar-refractivity contribution in [3.05, 3.63) is 22.4 Å². The highest BCUT2D eigenvalue weighted by Gasteiger charge is 2.06. The van der Waals surface area contributed by atoms with Crippen LogP contribution in [0, 0.1) is 5.92 Å². The Morgan fingerprint density at radius 1 is 1.32 bits per heavy atom. The smallest absolute Gasteiger partial charge is 0.191 e. The molecule has 0 saturated carbocycles. The number of thiophene rings is 1. The van der Waals surface area contributed by atoms with Gasteiger partial charge in [-0.3, -0.25) is 4.99 Å². The molecule has 1 aromatic rings. The Bertz CT molecular complexity index is 350. The third-order valence-electron chi connectivity index (χ3n) is 2.79. The normalized spacial score (nSPS) is 13.0. The number of hydrogen-bond donors (Lipinski definition) is 2. The van der Waals surface area contributed by atoms with Crippen LogP contribution < -0.4 is 10.6 Å². The van der Waals surface area contributed by atoms with Crippen molar-refractivity contribution in [3.63, 3.8) is 0 Å². The zero-order chi connectivity index (χ0) is 13.4. The van der Waals surface area contributed by atoms with Crippen molar-refractivity contribution in [1.82, 2.24) is 10.6 Å². The maximum atomic E-state index is 4.25. The molecule has 2 N–H and O–H groups in total. The Morgan fingerprint density at radius 3 is 2.58 bits per heavy atom. The minimum Gasteiger partial charge on any atom is -0.354 e. The van der Waals surface area contributed by atoms with Crippen LogP contribution in [0.15, 0.2) is 22.5 Å². The highest BCUT2D eigenvalue weighted by atomic mass is 127. The van der Waals surface area contributed by atoms with Crippen LogP contribution in [0.4, 0.5) is 0 Å². The fourth-order valence-electron chi connectivity index (χ4n) is 1.67. The zero-order valence-electron chi connectivity index (χ0n) is 12.3. The number of rotatable bonds is 6. The van der Waals surface area contributed by atoms with Crippen molar-refractivity contribution in [3.8, 4) is 0 Å². The number of halogens is 1. The molecule has 0 spiro atoms. The first-order valence-electron chi connectivity index (χ1n) is 6.61. The molecule has 3 nitrogen and oxygen atoms in total. The minimum atomic E-state index is 0. The second kappa shape index (κ2) is 10.5. The highest BCUT2D eigenvalue weighted by Crippen LogP contribution is 2.08. The van der Waals surface area contributed by atoms with E-state index >= 15 is 0 Å². The van der Waals surface area contributed by atoms with Crippen molar-refractivity contribution in [2.45, 2.75) is 46.2 Å². The molecular formula is C14H26IN3S. The lowest BCUT2D eigenvalue weighted by Gasteiger charge is -2.18. The van der Waals surface area contributed by atoms with Crippen molar-refractivity contribution in [2.75, 3.05) is 7.05 Å². The Hall–Kier alpha value is -0.300. The average Bonchev–Trinajstić information content (AvgIpc) is 2.84. The van der Waals surface area contributed by atoms with Crippen LogP contribution in [0.1, 0.15) is 38.5 Å². The lowest BCUT2D eigenvalue weighted by Crippen LogP contribution is -2.41. The van der Waals surface area contributed by atoms with Gasteiger partial charge in [0.1, 0.15) is 0 Å². The van der Waals surface area contributed by atoms with Gasteiger partial charge in [0, 0.05) is 18.0 Å². The van der Waals surface area contributed by atoms with Crippen LogP contribution in [-0.2, 0) is 6.54 Å². The lowest BCUT2D eigenvalue weighted by atomic mass is 10.0. The van der Waals surface area contributed by atoms with Gasteiger partial charge in [0.25, 0.3) is 0 Å². The van der Waals surface area contributed by atoms with Gasteiger partial charge in [-0.05, 0) is 37.1 Å². The molecule has 1 heterocycles. The second-order valence-electron chi connectivity index (χ2n) is 5.02. The van der Waals surface area contributed by atoms with E-state index in [1.54, 1.807) is 11.3 Å². The predicted molar refractivity (Wildman–Crippen MR) is 96.6 cm³/mol. The van der Waals surface area contributed by atoms with E-state index in [0.29, 0.717) is 6.04 Å². The third kappa shape index (κ3) is 8.47. The molecule has 0 aliphatic heterocycles. The molecule has 0 radical (unpaired) electrons. The molecule has 0 amide bonds. The fourth-order valence-corrected chi connectivity index (χ4v) is 2.31. The zero-order valence-corrected chi connectivity index (χ0v) is 15.4. The third-order valence-corrected chi connectivity index (χ3v) is 3.67. The molecular weight excluding hydrogens is 369 g/mol. The number of nitrogens with one attached hydrogen (secondary N) is 2. The summed E-state index contributed by atoms with van der Waals surface area (Å²) in [5.74, 6) is 1.65. The van der Waals surface area contributed by atoms with E-state index in [1.807, 2.05) is 7.05 Å². The average molecular weight is 395 g/mol. The summed E-state index contributed by atoms with van der Waals surface area (Å²) in [5, 5.41) is 8.86. The summed E-state index contributed by atoms with van der Waals surface area (Å²) in [5.41, 5.74) is 0. The summed E-state index contributed by atoms with van der Waals surface area (Å²) in [7, 11) is 1.82. The topological polar surface area (TPSA) is 36.4 Å². The van der Waals surface area contributed by atoms with Gasteiger partial charge in [-0.15, -0.1) is 35.3 Å². The summed E-state index contributed by atoms with van der Waals surface area (Å²) in [6.07, 6.45) is 2.42. The van der Waals surface area contributed by atoms with E-state index in [1.165, 1.54) is 17.7 Å². The first-order chi connectivity index (χ1) is 8.61. The van der Waals surface area contributed by atoms with E-state index in [0.717, 1.165) is 18.4 Å². The van der Waals surface area contributed by atoms with Gasteiger partial charge in [-0.25, -0.2) is 0 Å². The second-order valence-corrected chi connectivity index (χ2v) is 6.05. The molecule has 1 aromatic heterocycles. The first kappa shape index (κ1) is 18.7.